The van der Waals surface area contributed by atoms with Crippen molar-refractivity contribution in [2.24, 2.45) is 0 Å². The lowest BCUT2D eigenvalue weighted by molar-refractivity contribution is -0.131. The minimum atomic E-state index is -4.04. The summed E-state index contributed by atoms with van der Waals surface area (Å²) in [6, 6.07) is 5.16. The number of amides is 1. The summed E-state index contributed by atoms with van der Waals surface area (Å²) in [7, 11) is -4.04. The van der Waals surface area contributed by atoms with E-state index in [1.807, 2.05) is 0 Å². The molecule has 1 aliphatic rings. The van der Waals surface area contributed by atoms with Crippen LogP contribution in [0.5, 0.6) is 0 Å². The Morgan fingerprint density at radius 3 is 2.58 bits per heavy atom. The zero-order valence-corrected chi connectivity index (χ0v) is 11.5. The molecule has 0 bridgehead atoms. The second-order valence-electron chi connectivity index (χ2n) is 4.82. The summed E-state index contributed by atoms with van der Waals surface area (Å²) in [6.07, 6.45) is 0. The number of hydrogen-bond donors (Lipinski definition) is 1. The molecule has 1 fully saturated rings. The molecular weight excluding hydrogens is 271 g/mol. The van der Waals surface area contributed by atoms with Gasteiger partial charge in [0.2, 0.25) is 15.9 Å². The zero-order chi connectivity index (χ0) is 14.3. The van der Waals surface area contributed by atoms with Crippen molar-refractivity contribution in [2.45, 2.75) is 24.3 Å². The van der Waals surface area contributed by atoms with Crippen LogP contribution in [0.15, 0.2) is 29.2 Å². The highest BCUT2D eigenvalue weighted by Gasteiger charge is 2.45. The highest BCUT2D eigenvalue weighted by Crippen LogP contribution is 2.27. The number of hydrogen-bond acceptors (Lipinski definition) is 3. The lowest BCUT2D eigenvalue weighted by Gasteiger charge is -2.39. The highest BCUT2D eigenvalue weighted by atomic mass is 32.2. The molecule has 0 radical (unpaired) electrons. The number of carbonyl (C=O) groups excluding carboxylic acids is 1. The van der Waals surface area contributed by atoms with Crippen molar-refractivity contribution >= 4 is 15.9 Å². The van der Waals surface area contributed by atoms with Gasteiger partial charge in [-0.05, 0) is 26.0 Å². The van der Waals surface area contributed by atoms with Gasteiger partial charge in [-0.3, -0.25) is 4.79 Å². The molecule has 0 aromatic heterocycles. The topological polar surface area (TPSA) is 66.5 Å². The molecule has 1 heterocycles. The van der Waals surface area contributed by atoms with Crippen LogP contribution >= 0.6 is 0 Å². The number of nitrogens with zero attached hydrogens (tertiary/aromatic N) is 1. The maximum Gasteiger partial charge on any atom is 0.247 e. The molecule has 19 heavy (non-hydrogen) atoms. The Morgan fingerprint density at radius 2 is 1.95 bits per heavy atom. The van der Waals surface area contributed by atoms with Crippen molar-refractivity contribution in [2.75, 3.05) is 13.1 Å². The summed E-state index contributed by atoms with van der Waals surface area (Å²) in [4.78, 5) is 11.4. The van der Waals surface area contributed by atoms with E-state index >= 15 is 0 Å². The van der Waals surface area contributed by atoms with Crippen LogP contribution in [0.3, 0.4) is 0 Å². The molecular formula is C12H15FN2O3S. The SMILES string of the molecule is CC1(C)C(=O)NCCN1S(=O)(=O)c1ccccc1F. The largest absolute Gasteiger partial charge is 0.353 e. The van der Waals surface area contributed by atoms with Crippen LogP contribution in [0.4, 0.5) is 4.39 Å². The van der Waals surface area contributed by atoms with Crippen LogP contribution in [0.1, 0.15) is 13.8 Å². The lowest BCUT2D eigenvalue weighted by atomic mass is 10.0. The summed E-state index contributed by atoms with van der Waals surface area (Å²) in [5.74, 6) is -1.21. The van der Waals surface area contributed by atoms with Gasteiger partial charge in [0, 0.05) is 13.1 Å². The van der Waals surface area contributed by atoms with Crippen LogP contribution in [0, 0.1) is 5.82 Å². The van der Waals surface area contributed by atoms with Gasteiger partial charge in [-0.2, -0.15) is 4.31 Å². The maximum absolute atomic E-state index is 13.7. The van der Waals surface area contributed by atoms with Crippen LogP contribution in [-0.4, -0.2) is 37.3 Å². The number of sulfonamides is 1. The van der Waals surface area contributed by atoms with Gasteiger partial charge in [-0.25, -0.2) is 12.8 Å². The third kappa shape index (κ3) is 2.23. The third-order valence-electron chi connectivity index (χ3n) is 3.18. The molecule has 5 nitrogen and oxygen atoms in total. The average molecular weight is 286 g/mol. The molecule has 1 aliphatic heterocycles. The van der Waals surface area contributed by atoms with Crippen molar-refractivity contribution in [3.05, 3.63) is 30.1 Å². The van der Waals surface area contributed by atoms with Crippen LogP contribution in [0.2, 0.25) is 0 Å². The Kier molecular flexibility index (Phi) is 3.36. The molecule has 0 spiro atoms. The minimum absolute atomic E-state index is 0.120. The van der Waals surface area contributed by atoms with E-state index < -0.39 is 32.2 Å². The van der Waals surface area contributed by atoms with Crippen molar-refractivity contribution in [1.29, 1.82) is 0 Å². The van der Waals surface area contributed by atoms with Crippen LogP contribution in [0.25, 0.3) is 0 Å². The van der Waals surface area contributed by atoms with E-state index in [0.29, 0.717) is 0 Å². The Balaban J connectivity index is 2.51. The van der Waals surface area contributed by atoms with E-state index in [1.165, 1.54) is 32.0 Å². The number of piperazine rings is 1. The molecule has 0 atom stereocenters. The Hall–Kier alpha value is -1.47. The van der Waals surface area contributed by atoms with Gasteiger partial charge in [-0.15, -0.1) is 0 Å². The monoisotopic (exact) mass is 286 g/mol. The molecule has 2 rings (SSSR count). The normalized spacial score (nSPS) is 20.1. The van der Waals surface area contributed by atoms with Crippen molar-refractivity contribution in [3.8, 4) is 0 Å². The minimum Gasteiger partial charge on any atom is -0.353 e. The van der Waals surface area contributed by atoms with E-state index in [0.717, 1.165) is 10.4 Å². The molecule has 1 amide bonds. The predicted molar refractivity (Wildman–Crippen MR) is 67.4 cm³/mol. The fourth-order valence-electron chi connectivity index (χ4n) is 2.07. The summed E-state index contributed by atoms with van der Waals surface area (Å²) in [5, 5.41) is 2.60. The Morgan fingerprint density at radius 1 is 1.32 bits per heavy atom. The first kappa shape index (κ1) is 14.0. The van der Waals surface area contributed by atoms with Gasteiger partial charge in [0.15, 0.2) is 0 Å². The molecule has 1 saturated heterocycles. The zero-order valence-electron chi connectivity index (χ0n) is 10.7. The standard InChI is InChI=1S/C12H15FN2O3S/c1-12(2)11(16)14-7-8-15(12)19(17,18)10-6-4-3-5-9(10)13/h3-6H,7-8H2,1-2H3,(H,14,16). The second kappa shape index (κ2) is 4.57. The summed E-state index contributed by atoms with van der Waals surface area (Å²) >= 11 is 0. The molecule has 0 aliphatic carbocycles. The first-order chi connectivity index (χ1) is 8.78. The molecule has 104 valence electrons. The first-order valence-corrected chi connectivity index (χ1v) is 7.27. The quantitative estimate of drug-likeness (QED) is 0.871. The predicted octanol–water partition coefficient (Wildman–Crippen LogP) is 0.725. The molecule has 7 heteroatoms. The lowest BCUT2D eigenvalue weighted by Crippen LogP contribution is -2.63. The van der Waals surface area contributed by atoms with Gasteiger partial charge >= 0.3 is 0 Å². The van der Waals surface area contributed by atoms with Crippen molar-refractivity contribution < 1.29 is 17.6 Å². The van der Waals surface area contributed by atoms with Gasteiger partial charge in [0.25, 0.3) is 0 Å². The molecule has 1 N–H and O–H groups in total. The molecule has 1 aromatic rings. The number of rotatable bonds is 2. The third-order valence-corrected chi connectivity index (χ3v) is 5.29. The van der Waals surface area contributed by atoms with Gasteiger partial charge in [-0.1, -0.05) is 12.1 Å². The van der Waals surface area contributed by atoms with Crippen LogP contribution in [-0.2, 0) is 14.8 Å². The van der Waals surface area contributed by atoms with E-state index in [2.05, 4.69) is 5.32 Å². The Bertz CT molecular complexity index is 613. The van der Waals surface area contributed by atoms with Gasteiger partial charge < -0.3 is 5.32 Å². The first-order valence-electron chi connectivity index (χ1n) is 5.83. The van der Waals surface area contributed by atoms with E-state index in [9.17, 15) is 17.6 Å². The molecule has 1 aromatic carbocycles. The average Bonchev–Trinajstić information content (AvgIpc) is 2.32. The number of halogens is 1. The number of benzene rings is 1. The van der Waals surface area contributed by atoms with Gasteiger partial charge in [0.1, 0.15) is 16.3 Å². The van der Waals surface area contributed by atoms with E-state index in [-0.39, 0.29) is 13.1 Å². The van der Waals surface area contributed by atoms with Gasteiger partial charge in [0.05, 0.1) is 0 Å². The smallest absolute Gasteiger partial charge is 0.247 e. The number of nitrogens with one attached hydrogen (secondary N) is 1. The van der Waals surface area contributed by atoms with E-state index in [4.69, 9.17) is 0 Å². The fourth-order valence-corrected chi connectivity index (χ4v) is 3.89. The molecule has 0 unspecified atom stereocenters. The van der Waals surface area contributed by atoms with Crippen LogP contribution < -0.4 is 5.32 Å². The maximum atomic E-state index is 13.7. The summed E-state index contributed by atoms with van der Waals surface area (Å²) in [5.41, 5.74) is -1.24. The Labute approximate surface area is 111 Å². The second-order valence-corrected chi connectivity index (χ2v) is 6.65. The van der Waals surface area contributed by atoms with Crippen molar-refractivity contribution in [1.82, 2.24) is 9.62 Å². The van der Waals surface area contributed by atoms with Crippen molar-refractivity contribution in [3.63, 3.8) is 0 Å². The number of carbonyl (C=O) groups is 1. The summed E-state index contributed by atoms with van der Waals surface area (Å²) in [6.45, 7) is 3.34. The highest BCUT2D eigenvalue weighted by molar-refractivity contribution is 7.89. The fraction of sp³-hybridized carbons (Fsp3) is 0.417. The van der Waals surface area contributed by atoms with E-state index in [1.54, 1.807) is 0 Å². The molecule has 0 saturated carbocycles. The summed E-state index contributed by atoms with van der Waals surface area (Å²) < 4.78 is 39.7.